The van der Waals surface area contributed by atoms with E-state index in [4.69, 9.17) is 25.1 Å². The highest BCUT2D eigenvalue weighted by Crippen LogP contribution is 2.64. The molecule has 228 valence electrons. The van der Waals surface area contributed by atoms with E-state index in [-0.39, 0.29) is 49.8 Å². The number of hydrogen-bond acceptors (Lipinski definition) is 11. The quantitative estimate of drug-likeness (QED) is 0.234. The van der Waals surface area contributed by atoms with Crippen molar-refractivity contribution in [1.29, 1.82) is 0 Å². The fourth-order valence-electron chi connectivity index (χ4n) is 7.02. The third-order valence-electron chi connectivity index (χ3n) is 9.07. The summed E-state index contributed by atoms with van der Waals surface area (Å²) in [4.78, 5) is 50.1. The van der Waals surface area contributed by atoms with Crippen LogP contribution in [0.2, 0.25) is 0 Å². The first-order chi connectivity index (χ1) is 19.9. The first-order valence-corrected chi connectivity index (χ1v) is 14.2. The van der Waals surface area contributed by atoms with Gasteiger partial charge >= 0.3 is 17.9 Å². The van der Waals surface area contributed by atoms with Crippen molar-refractivity contribution in [3.8, 4) is 11.5 Å². The van der Waals surface area contributed by atoms with Crippen molar-refractivity contribution in [3.63, 3.8) is 0 Å². The molecular weight excluding hydrogens is 550 g/mol. The molecular formula is C29H37N3O10. The van der Waals surface area contributed by atoms with E-state index in [0.717, 1.165) is 24.1 Å². The van der Waals surface area contributed by atoms with Gasteiger partial charge in [0.1, 0.15) is 5.76 Å². The number of nitrogens with zero attached hydrogens (tertiary/aromatic N) is 1. The second kappa shape index (κ2) is 11.2. The van der Waals surface area contributed by atoms with E-state index in [9.17, 15) is 29.4 Å². The van der Waals surface area contributed by atoms with Crippen molar-refractivity contribution in [3.05, 3.63) is 35.1 Å². The summed E-state index contributed by atoms with van der Waals surface area (Å²) in [7, 11) is 1.99. The molecule has 5 rings (SSSR count). The lowest BCUT2D eigenvalue weighted by atomic mass is 9.52. The molecule has 2 aliphatic carbocycles. The van der Waals surface area contributed by atoms with Crippen LogP contribution in [-0.2, 0) is 40.5 Å². The van der Waals surface area contributed by atoms with Crippen LogP contribution < -0.4 is 15.8 Å². The minimum atomic E-state index is -1.28. The van der Waals surface area contributed by atoms with Crippen LogP contribution in [0.25, 0.3) is 0 Å². The molecule has 1 aromatic carbocycles. The van der Waals surface area contributed by atoms with Crippen molar-refractivity contribution in [2.24, 2.45) is 5.73 Å². The van der Waals surface area contributed by atoms with Crippen LogP contribution >= 0.6 is 0 Å². The second-order valence-corrected chi connectivity index (χ2v) is 11.6. The molecule has 42 heavy (non-hydrogen) atoms. The van der Waals surface area contributed by atoms with Crippen LogP contribution in [0.15, 0.2) is 24.0 Å². The van der Waals surface area contributed by atoms with Gasteiger partial charge in [-0.1, -0.05) is 6.07 Å². The number of ether oxygens (including phenoxy) is 3. The number of amides is 1. The SMILES string of the molecule is C[C@H](OC(=O)CCNC(=O)[C@@H](N)CCC(=O)O)C(=O)OC1=CC[C@@]2(O)[C@H]3Cc4ccc(O)c5c4[C@@]2(CCCN3C)[C@H]1O5. The third kappa shape index (κ3) is 4.88. The normalized spacial score (nSPS) is 28.7. The van der Waals surface area contributed by atoms with Gasteiger partial charge in [-0.25, -0.2) is 4.79 Å². The largest absolute Gasteiger partial charge is 0.504 e. The Kier molecular flexibility index (Phi) is 7.94. The highest BCUT2D eigenvalue weighted by Gasteiger charge is 2.71. The molecule has 1 aromatic rings. The lowest BCUT2D eigenvalue weighted by molar-refractivity contribution is -0.167. The Morgan fingerprint density at radius 3 is 2.76 bits per heavy atom. The molecule has 13 nitrogen and oxygen atoms in total. The molecule has 0 aromatic heterocycles. The maximum Gasteiger partial charge on any atom is 0.352 e. The second-order valence-electron chi connectivity index (χ2n) is 11.6. The summed E-state index contributed by atoms with van der Waals surface area (Å²) in [5, 5.41) is 34.2. The molecule has 2 bridgehead atoms. The number of benzene rings is 1. The Hall–Kier alpha value is -3.68. The number of carbonyl (C=O) groups excluding carboxylic acids is 3. The van der Waals surface area contributed by atoms with Crippen LogP contribution in [0, 0.1) is 0 Å². The number of phenolic OH excluding ortho intramolecular Hbond substituents is 1. The Labute approximate surface area is 242 Å². The fraction of sp³-hybridized carbons (Fsp3) is 0.586. The highest BCUT2D eigenvalue weighted by atomic mass is 16.6. The lowest BCUT2D eigenvalue weighted by Gasteiger charge is -2.56. The molecule has 13 heteroatoms. The Balaban J connectivity index is 1.25. The first kappa shape index (κ1) is 29.8. The topological polar surface area (TPSA) is 198 Å². The standard InChI is InChI=1S/C29H37N3O10/c1-15(40-22(36)9-12-31-26(37)17(30)5-7-21(34)35)27(38)41-19-8-11-29(39)20-14-16-4-6-18(33)24-23(16)28(29,25(19)42-24)10-3-13-32(20)2/h4,6,8,15,17,20,25,33,39H,3,5,7,9-14,30H2,1-2H3,(H,31,37)(H,34,35)/t15-,17-,20+,25-,28-,29+/m0/s1. The third-order valence-corrected chi connectivity index (χ3v) is 9.07. The van der Waals surface area contributed by atoms with E-state index < -0.39 is 53.1 Å². The number of likely N-dealkylation sites (N-methyl/N-ethyl adjacent to an activating group) is 1. The molecule has 6 N–H and O–H groups in total. The average molecular weight is 588 g/mol. The Morgan fingerprint density at radius 2 is 2.02 bits per heavy atom. The van der Waals surface area contributed by atoms with Crippen LogP contribution in [0.3, 0.4) is 0 Å². The molecule has 1 amide bonds. The molecule has 1 fully saturated rings. The molecule has 1 saturated heterocycles. The van der Waals surface area contributed by atoms with E-state index in [0.29, 0.717) is 18.6 Å². The van der Waals surface area contributed by atoms with Crippen LogP contribution in [0.5, 0.6) is 11.5 Å². The Bertz CT molecular complexity index is 1330. The average Bonchev–Trinajstić information content (AvgIpc) is 3.28. The fourth-order valence-corrected chi connectivity index (χ4v) is 7.02. The van der Waals surface area contributed by atoms with E-state index in [2.05, 4.69) is 10.2 Å². The first-order valence-electron chi connectivity index (χ1n) is 14.2. The maximum absolute atomic E-state index is 13.1. The van der Waals surface area contributed by atoms with Crippen molar-refractivity contribution >= 4 is 23.8 Å². The van der Waals surface area contributed by atoms with E-state index >= 15 is 0 Å². The van der Waals surface area contributed by atoms with Gasteiger partial charge < -0.3 is 45.5 Å². The number of aromatic hydroxyl groups is 1. The number of likely N-dealkylation sites (tertiary alicyclic amines) is 1. The number of phenols is 1. The van der Waals surface area contributed by atoms with Gasteiger partial charge in [0.25, 0.3) is 0 Å². The van der Waals surface area contributed by atoms with Crippen molar-refractivity contribution in [1.82, 2.24) is 10.2 Å². The summed E-state index contributed by atoms with van der Waals surface area (Å²) in [6.45, 7) is 2.03. The van der Waals surface area contributed by atoms with Crippen molar-refractivity contribution < 1.29 is 48.7 Å². The van der Waals surface area contributed by atoms with Gasteiger partial charge in [-0.15, -0.1) is 0 Å². The van der Waals surface area contributed by atoms with Crippen LogP contribution in [0.4, 0.5) is 0 Å². The number of esters is 2. The predicted molar refractivity (Wildman–Crippen MR) is 145 cm³/mol. The van der Waals surface area contributed by atoms with Gasteiger partial charge in [0, 0.05) is 31.0 Å². The van der Waals surface area contributed by atoms with Gasteiger partial charge in [-0.05, 0) is 63.9 Å². The molecule has 0 saturated carbocycles. The van der Waals surface area contributed by atoms with Crippen molar-refractivity contribution in [2.45, 2.75) is 87.2 Å². The molecule has 0 radical (unpaired) electrons. The smallest absolute Gasteiger partial charge is 0.352 e. The predicted octanol–water partition coefficient (Wildman–Crippen LogP) is 0.233. The number of carbonyl (C=O) groups is 4. The molecule has 2 heterocycles. The number of carboxylic acids is 1. The summed E-state index contributed by atoms with van der Waals surface area (Å²) < 4.78 is 17.3. The van der Waals surface area contributed by atoms with E-state index in [1.54, 1.807) is 12.1 Å². The molecule has 1 spiro atoms. The number of hydrogen-bond donors (Lipinski definition) is 5. The molecule has 0 unspecified atom stereocenters. The van der Waals surface area contributed by atoms with Gasteiger partial charge in [-0.2, -0.15) is 0 Å². The number of carboxylic acid groups (broad SMARTS) is 1. The number of nitrogens with two attached hydrogens (primary N) is 1. The summed E-state index contributed by atoms with van der Waals surface area (Å²) in [6, 6.07) is 2.23. The molecule has 2 aliphatic heterocycles. The van der Waals surface area contributed by atoms with Crippen molar-refractivity contribution in [2.75, 3.05) is 20.1 Å². The van der Waals surface area contributed by atoms with Gasteiger partial charge in [0.15, 0.2) is 23.7 Å². The number of rotatable bonds is 10. The lowest BCUT2D eigenvalue weighted by Crippen LogP contribution is -2.69. The van der Waals surface area contributed by atoms with Crippen LogP contribution in [0.1, 0.15) is 56.6 Å². The summed E-state index contributed by atoms with van der Waals surface area (Å²) >= 11 is 0. The maximum atomic E-state index is 13.1. The molecule has 6 atom stereocenters. The van der Waals surface area contributed by atoms with E-state index in [1.807, 2.05) is 13.1 Å². The summed E-state index contributed by atoms with van der Waals surface area (Å²) in [6.07, 6.45) is 1.09. The zero-order chi connectivity index (χ0) is 30.4. The van der Waals surface area contributed by atoms with E-state index in [1.165, 1.54) is 6.92 Å². The minimum absolute atomic E-state index is 0.0427. The van der Waals surface area contributed by atoms with Crippen LogP contribution in [-0.4, -0.2) is 94.1 Å². The minimum Gasteiger partial charge on any atom is -0.504 e. The zero-order valence-electron chi connectivity index (χ0n) is 23.6. The number of aliphatic carboxylic acids is 1. The van der Waals surface area contributed by atoms with Gasteiger partial charge in [0.05, 0.1) is 23.5 Å². The number of aliphatic hydroxyl groups is 1. The summed E-state index contributed by atoms with van der Waals surface area (Å²) in [5.74, 6) is -2.81. The van der Waals surface area contributed by atoms with Gasteiger partial charge in [-0.3, -0.25) is 14.4 Å². The molecule has 4 aliphatic rings. The number of nitrogens with one attached hydrogen (secondary N) is 1. The monoisotopic (exact) mass is 587 g/mol. The zero-order valence-corrected chi connectivity index (χ0v) is 23.6. The van der Waals surface area contributed by atoms with Gasteiger partial charge in [0.2, 0.25) is 5.91 Å². The summed E-state index contributed by atoms with van der Waals surface area (Å²) in [5.41, 5.74) is 5.24. The Morgan fingerprint density at radius 1 is 1.26 bits per heavy atom. The highest BCUT2D eigenvalue weighted by molar-refractivity contribution is 5.83.